The van der Waals surface area contributed by atoms with Gasteiger partial charge in [0, 0.05) is 18.8 Å². The molecule has 0 saturated carbocycles. The molecule has 2 atom stereocenters. The van der Waals surface area contributed by atoms with E-state index in [-0.39, 0.29) is 24.0 Å². The number of phenolic OH excluding ortho intramolecular Hbond substituents is 1. The Kier molecular flexibility index (Phi) is 8.32. The van der Waals surface area contributed by atoms with Crippen molar-refractivity contribution in [3.63, 3.8) is 0 Å². The number of aliphatic hydroxyl groups is 1. The van der Waals surface area contributed by atoms with Gasteiger partial charge in [-0.1, -0.05) is 36.4 Å². The number of aromatic nitrogens is 1. The summed E-state index contributed by atoms with van der Waals surface area (Å²) in [4.78, 5) is 4.31. The predicted molar refractivity (Wildman–Crippen MR) is 130 cm³/mol. The molecule has 0 spiro atoms. The topological polar surface area (TPSA) is 130 Å². The van der Waals surface area contributed by atoms with E-state index in [1.165, 1.54) is 25.3 Å². The Bertz CT molecular complexity index is 1180. The summed E-state index contributed by atoms with van der Waals surface area (Å²) in [7, 11) is -0.493. The molecule has 9 nitrogen and oxygen atoms in total. The van der Waals surface area contributed by atoms with Gasteiger partial charge in [0.25, 0.3) is 0 Å². The molecule has 34 heavy (non-hydrogen) atoms. The molecule has 3 rings (SSSR count). The third kappa shape index (κ3) is 6.60. The van der Waals surface area contributed by atoms with Gasteiger partial charge < -0.3 is 25.0 Å². The highest BCUT2D eigenvalue weighted by Crippen LogP contribution is 2.35. The van der Waals surface area contributed by atoms with E-state index in [1.54, 1.807) is 19.4 Å². The molecule has 0 bridgehead atoms. The number of hydrogen-bond donors (Lipinski definition) is 4. The Morgan fingerprint density at radius 3 is 2.44 bits per heavy atom. The van der Waals surface area contributed by atoms with Crippen LogP contribution in [0.4, 0.5) is 5.69 Å². The molecule has 3 aromatic rings. The summed E-state index contributed by atoms with van der Waals surface area (Å²) in [6, 6.07) is 15.5. The van der Waals surface area contributed by atoms with Gasteiger partial charge in [0.1, 0.15) is 11.5 Å². The summed E-state index contributed by atoms with van der Waals surface area (Å²) in [5.41, 5.74) is 2.20. The van der Waals surface area contributed by atoms with Crippen molar-refractivity contribution in [2.24, 2.45) is 0 Å². The lowest BCUT2D eigenvalue weighted by Gasteiger charge is -2.24. The van der Waals surface area contributed by atoms with E-state index < -0.39 is 16.1 Å². The highest BCUT2D eigenvalue weighted by molar-refractivity contribution is 7.92. The van der Waals surface area contributed by atoms with Gasteiger partial charge in [-0.05, 0) is 35.7 Å². The zero-order chi connectivity index (χ0) is 24.7. The predicted octanol–water partition coefficient (Wildman–Crippen LogP) is 2.78. The van der Waals surface area contributed by atoms with Crippen LogP contribution >= 0.6 is 0 Å². The zero-order valence-corrected chi connectivity index (χ0v) is 20.0. The standard InChI is InChI=1S/C24H29N3O6S/c1-32-22-11-12-25-24(33-2)23(22)19(13-16-7-5-4-6-8-16)26-15-21(29)17-9-10-20(28)18(14-17)27-34(3,30)31/h4-12,14,19,21,26-29H,13,15H2,1-3H3/t19?,21-/m0/s1. The van der Waals surface area contributed by atoms with Crippen molar-refractivity contribution in [3.8, 4) is 17.4 Å². The van der Waals surface area contributed by atoms with E-state index in [0.29, 0.717) is 29.2 Å². The third-order valence-electron chi connectivity index (χ3n) is 5.22. The smallest absolute Gasteiger partial charge is 0.229 e. The van der Waals surface area contributed by atoms with Crippen LogP contribution in [0.15, 0.2) is 60.8 Å². The fourth-order valence-electron chi connectivity index (χ4n) is 3.64. The Balaban J connectivity index is 1.88. The maximum Gasteiger partial charge on any atom is 0.229 e. The first kappa shape index (κ1) is 25.3. The number of methoxy groups -OCH3 is 2. The van der Waals surface area contributed by atoms with Crippen molar-refractivity contribution in [1.82, 2.24) is 10.3 Å². The van der Waals surface area contributed by atoms with Crippen LogP contribution in [0.2, 0.25) is 0 Å². The number of aliphatic hydroxyl groups excluding tert-OH is 1. The first-order chi connectivity index (χ1) is 16.2. The lowest BCUT2D eigenvalue weighted by Crippen LogP contribution is -2.29. The van der Waals surface area contributed by atoms with Gasteiger partial charge in [-0.3, -0.25) is 4.72 Å². The number of pyridine rings is 1. The van der Waals surface area contributed by atoms with E-state index in [1.807, 2.05) is 30.3 Å². The molecule has 0 aliphatic carbocycles. The molecule has 0 aliphatic rings. The summed E-state index contributed by atoms with van der Waals surface area (Å²) in [6.45, 7) is 0.127. The second-order valence-electron chi connectivity index (χ2n) is 7.75. The molecule has 0 fully saturated rings. The maximum atomic E-state index is 11.6. The van der Waals surface area contributed by atoms with Crippen LogP contribution in [-0.2, 0) is 16.4 Å². The largest absolute Gasteiger partial charge is 0.506 e. The number of benzene rings is 2. The Morgan fingerprint density at radius 2 is 1.79 bits per heavy atom. The van der Waals surface area contributed by atoms with E-state index in [0.717, 1.165) is 11.8 Å². The molecule has 1 heterocycles. The van der Waals surface area contributed by atoms with Crippen LogP contribution in [0.3, 0.4) is 0 Å². The summed E-state index contributed by atoms with van der Waals surface area (Å²) < 4.78 is 36.4. The van der Waals surface area contributed by atoms with Crippen molar-refractivity contribution in [2.75, 3.05) is 31.7 Å². The summed E-state index contributed by atoms with van der Waals surface area (Å²) in [6.07, 6.45) is 2.16. The van der Waals surface area contributed by atoms with E-state index in [2.05, 4.69) is 15.0 Å². The van der Waals surface area contributed by atoms with Crippen LogP contribution in [0.5, 0.6) is 17.4 Å². The molecule has 182 valence electrons. The fourth-order valence-corrected chi connectivity index (χ4v) is 4.20. The van der Waals surface area contributed by atoms with Crippen LogP contribution in [-0.4, -0.2) is 50.6 Å². The van der Waals surface area contributed by atoms with Crippen LogP contribution in [0.1, 0.15) is 28.8 Å². The normalized spacial score (nSPS) is 13.2. The number of nitrogens with one attached hydrogen (secondary N) is 2. The number of aromatic hydroxyl groups is 1. The minimum atomic E-state index is -3.60. The molecule has 1 aromatic heterocycles. The molecule has 0 saturated heterocycles. The third-order valence-corrected chi connectivity index (χ3v) is 5.81. The van der Waals surface area contributed by atoms with Crippen molar-refractivity contribution in [3.05, 3.63) is 77.5 Å². The number of rotatable bonds is 11. The molecule has 2 aromatic carbocycles. The van der Waals surface area contributed by atoms with Crippen molar-refractivity contribution >= 4 is 15.7 Å². The molecule has 0 aliphatic heterocycles. The summed E-state index contributed by atoms with van der Waals surface area (Å²) in [5.74, 6) is 0.770. The quantitative estimate of drug-likeness (QED) is 0.304. The van der Waals surface area contributed by atoms with E-state index in [9.17, 15) is 18.6 Å². The Morgan fingerprint density at radius 1 is 1.06 bits per heavy atom. The van der Waals surface area contributed by atoms with Gasteiger partial charge in [0.05, 0.1) is 37.8 Å². The van der Waals surface area contributed by atoms with Crippen molar-refractivity contribution in [2.45, 2.75) is 18.6 Å². The number of sulfonamides is 1. The van der Waals surface area contributed by atoms with Crippen LogP contribution in [0, 0.1) is 0 Å². The number of hydrogen-bond acceptors (Lipinski definition) is 8. The van der Waals surface area contributed by atoms with Gasteiger partial charge in [-0.25, -0.2) is 13.4 Å². The summed E-state index contributed by atoms with van der Waals surface area (Å²) in [5, 5.41) is 24.2. The lowest BCUT2D eigenvalue weighted by atomic mass is 9.98. The van der Waals surface area contributed by atoms with Gasteiger partial charge in [-0.15, -0.1) is 0 Å². The van der Waals surface area contributed by atoms with Gasteiger partial charge in [0.2, 0.25) is 15.9 Å². The SMILES string of the molecule is COc1ccnc(OC)c1C(Cc1ccccc1)NC[C@H](O)c1ccc(O)c(NS(C)(=O)=O)c1. The van der Waals surface area contributed by atoms with Gasteiger partial charge in [-0.2, -0.15) is 0 Å². The molecule has 4 N–H and O–H groups in total. The number of ether oxygens (including phenoxy) is 2. The monoisotopic (exact) mass is 487 g/mol. The lowest BCUT2D eigenvalue weighted by molar-refractivity contribution is 0.169. The molecular weight excluding hydrogens is 458 g/mol. The molecular formula is C24H29N3O6S. The average molecular weight is 488 g/mol. The number of nitrogens with zero attached hydrogens (tertiary/aromatic N) is 1. The second-order valence-corrected chi connectivity index (χ2v) is 9.50. The first-order valence-corrected chi connectivity index (χ1v) is 12.4. The van der Waals surface area contributed by atoms with Crippen LogP contribution < -0.4 is 19.5 Å². The minimum absolute atomic E-state index is 0.00418. The van der Waals surface area contributed by atoms with Crippen LogP contribution in [0.25, 0.3) is 0 Å². The first-order valence-electron chi connectivity index (χ1n) is 10.5. The fraction of sp³-hybridized carbons (Fsp3) is 0.292. The maximum absolute atomic E-state index is 11.6. The van der Waals surface area contributed by atoms with Crippen molar-refractivity contribution < 1.29 is 28.1 Å². The molecule has 1 unspecified atom stereocenters. The average Bonchev–Trinajstić information content (AvgIpc) is 2.82. The van der Waals surface area contributed by atoms with Gasteiger partial charge in [0.15, 0.2) is 0 Å². The minimum Gasteiger partial charge on any atom is -0.506 e. The highest BCUT2D eigenvalue weighted by Gasteiger charge is 2.24. The second kappa shape index (κ2) is 11.2. The van der Waals surface area contributed by atoms with Crippen molar-refractivity contribution in [1.29, 1.82) is 0 Å². The Hall–Kier alpha value is -3.34. The molecule has 0 amide bonds. The summed E-state index contributed by atoms with van der Waals surface area (Å²) >= 11 is 0. The molecule has 10 heteroatoms. The Labute approximate surface area is 199 Å². The molecule has 0 radical (unpaired) electrons. The zero-order valence-electron chi connectivity index (χ0n) is 19.2. The highest BCUT2D eigenvalue weighted by atomic mass is 32.2. The number of phenols is 1. The van der Waals surface area contributed by atoms with E-state index in [4.69, 9.17) is 9.47 Å². The van der Waals surface area contributed by atoms with E-state index >= 15 is 0 Å². The number of anilines is 1. The van der Waals surface area contributed by atoms with Gasteiger partial charge >= 0.3 is 0 Å².